The van der Waals surface area contributed by atoms with Crippen LogP contribution in [0.15, 0.2) is 0 Å². The molecule has 0 rings (SSSR count). The van der Waals surface area contributed by atoms with Gasteiger partial charge in [-0.25, -0.2) is 0 Å². The zero-order valence-corrected chi connectivity index (χ0v) is 10.3. The third-order valence-corrected chi connectivity index (χ3v) is 2.23. The number of hydrogen-bond donors (Lipinski definition) is 1. The molecular weight excluding hydrogens is 158 g/mol. The molecule has 0 saturated heterocycles. The summed E-state index contributed by atoms with van der Waals surface area (Å²) in [6, 6.07) is 0. The van der Waals surface area contributed by atoms with Crippen LogP contribution in [0.2, 0.25) is 0 Å². The van der Waals surface area contributed by atoms with Crippen molar-refractivity contribution in [2.75, 3.05) is 0 Å². The zero-order chi connectivity index (χ0) is 10.7. The van der Waals surface area contributed by atoms with Gasteiger partial charge >= 0.3 is 0 Å². The van der Waals surface area contributed by atoms with Crippen LogP contribution in [0.3, 0.4) is 0 Å². The van der Waals surface area contributed by atoms with Crippen molar-refractivity contribution in [3.8, 4) is 0 Å². The van der Waals surface area contributed by atoms with E-state index in [0.29, 0.717) is 5.41 Å². The molecule has 1 nitrogen and oxygen atoms in total. The van der Waals surface area contributed by atoms with Gasteiger partial charge < -0.3 is 5.73 Å². The van der Waals surface area contributed by atoms with Gasteiger partial charge in [-0.1, -0.05) is 34.6 Å². The van der Waals surface area contributed by atoms with Crippen LogP contribution in [-0.2, 0) is 0 Å². The van der Waals surface area contributed by atoms with Crippen molar-refractivity contribution in [2.24, 2.45) is 17.1 Å². The molecule has 1 unspecified atom stereocenters. The lowest BCUT2D eigenvalue weighted by molar-refractivity contribution is 0.247. The molecule has 0 amide bonds. The van der Waals surface area contributed by atoms with Gasteiger partial charge in [-0.15, -0.1) is 0 Å². The molecule has 0 aliphatic heterocycles. The maximum atomic E-state index is 6.25. The van der Waals surface area contributed by atoms with Gasteiger partial charge in [0.2, 0.25) is 0 Å². The lowest BCUT2D eigenvalue weighted by Gasteiger charge is -2.32. The molecule has 2 N–H and O–H groups in total. The van der Waals surface area contributed by atoms with E-state index >= 15 is 0 Å². The third-order valence-electron chi connectivity index (χ3n) is 2.23. The molecule has 13 heavy (non-hydrogen) atoms. The molecule has 0 spiro atoms. The Bertz CT molecular complexity index is 140. The highest BCUT2D eigenvalue weighted by Crippen LogP contribution is 2.29. The number of rotatable bonds is 4. The van der Waals surface area contributed by atoms with Crippen LogP contribution in [0.25, 0.3) is 0 Å². The second-order valence-electron chi connectivity index (χ2n) is 6.32. The van der Waals surface area contributed by atoms with Crippen molar-refractivity contribution in [3.05, 3.63) is 0 Å². The first-order valence-electron chi connectivity index (χ1n) is 5.41. The summed E-state index contributed by atoms with van der Waals surface area (Å²) >= 11 is 0. The normalized spacial score (nSPS) is 17.5. The van der Waals surface area contributed by atoms with E-state index in [-0.39, 0.29) is 5.54 Å². The summed E-state index contributed by atoms with van der Waals surface area (Å²) in [4.78, 5) is 0. The average molecular weight is 185 g/mol. The molecule has 1 heteroatoms. The molecular formula is C12H27N. The second kappa shape index (κ2) is 4.45. The maximum absolute atomic E-state index is 6.25. The summed E-state index contributed by atoms with van der Waals surface area (Å²) in [5.74, 6) is 0.767. The molecule has 1 atom stereocenters. The van der Waals surface area contributed by atoms with Crippen LogP contribution in [0.1, 0.15) is 60.8 Å². The fourth-order valence-electron chi connectivity index (χ4n) is 1.92. The predicted octanol–water partition coefficient (Wildman–Crippen LogP) is 3.58. The topological polar surface area (TPSA) is 26.0 Å². The Kier molecular flexibility index (Phi) is 4.44. The van der Waals surface area contributed by atoms with E-state index in [2.05, 4.69) is 41.5 Å². The number of hydrogen-bond acceptors (Lipinski definition) is 1. The molecule has 0 heterocycles. The van der Waals surface area contributed by atoms with Gasteiger partial charge in [0.1, 0.15) is 0 Å². The second-order valence-corrected chi connectivity index (χ2v) is 6.32. The zero-order valence-electron chi connectivity index (χ0n) is 10.3. The minimum absolute atomic E-state index is 0.0164. The first kappa shape index (κ1) is 13.0. The summed E-state index contributed by atoms with van der Waals surface area (Å²) < 4.78 is 0. The van der Waals surface area contributed by atoms with Crippen molar-refractivity contribution < 1.29 is 0 Å². The SMILES string of the molecule is CC(C)CCC(C)(N)CC(C)(C)C. The summed E-state index contributed by atoms with van der Waals surface area (Å²) in [6.07, 6.45) is 3.48. The van der Waals surface area contributed by atoms with Crippen molar-refractivity contribution in [1.29, 1.82) is 0 Å². The fourth-order valence-corrected chi connectivity index (χ4v) is 1.92. The molecule has 0 aliphatic rings. The van der Waals surface area contributed by atoms with Crippen molar-refractivity contribution in [3.63, 3.8) is 0 Å². The Balaban J connectivity index is 3.94. The van der Waals surface area contributed by atoms with Crippen LogP contribution in [-0.4, -0.2) is 5.54 Å². The highest BCUT2D eigenvalue weighted by Gasteiger charge is 2.25. The van der Waals surface area contributed by atoms with E-state index in [4.69, 9.17) is 5.73 Å². The molecule has 0 bridgehead atoms. The standard InChI is InChI=1S/C12H27N/c1-10(2)7-8-12(6,13)9-11(3,4)5/h10H,7-9,13H2,1-6H3. The van der Waals surface area contributed by atoms with Crippen LogP contribution < -0.4 is 5.73 Å². The molecule has 0 aliphatic carbocycles. The lowest BCUT2D eigenvalue weighted by Crippen LogP contribution is -2.40. The molecule has 0 radical (unpaired) electrons. The van der Waals surface area contributed by atoms with Gasteiger partial charge in [-0.2, -0.15) is 0 Å². The quantitative estimate of drug-likeness (QED) is 0.712. The van der Waals surface area contributed by atoms with E-state index in [0.717, 1.165) is 18.8 Å². The molecule has 0 aromatic rings. The van der Waals surface area contributed by atoms with E-state index in [1.54, 1.807) is 0 Å². The van der Waals surface area contributed by atoms with E-state index < -0.39 is 0 Å². The molecule has 0 aromatic carbocycles. The van der Waals surface area contributed by atoms with Gasteiger partial charge in [0.25, 0.3) is 0 Å². The Labute approximate surface area is 84.1 Å². The Morgan fingerprint density at radius 1 is 1.08 bits per heavy atom. The monoisotopic (exact) mass is 185 g/mol. The largest absolute Gasteiger partial charge is 0.325 e. The third kappa shape index (κ3) is 8.29. The van der Waals surface area contributed by atoms with E-state index in [1.807, 2.05) is 0 Å². The van der Waals surface area contributed by atoms with E-state index in [1.165, 1.54) is 6.42 Å². The Morgan fingerprint density at radius 2 is 1.54 bits per heavy atom. The van der Waals surface area contributed by atoms with Crippen molar-refractivity contribution in [1.82, 2.24) is 0 Å². The van der Waals surface area contributed by atoms with Gasteiger partial charge in [0.05, 0.1) is 0 Å². The molecule has 80 valence electrons. The minimum atomic E-state index is 0.0164. The van der Waals surface area contributed by atoms with Gasteiger partial charge in [0.15, 0.2) is 0 Å². The van der Waals surface area contributed by atoms with Crippen LogP contribution in [0.4, 0.5) is 0 Å². The van der Waals surface area contributed by atoms with Crippen LogP contribution >= 0.6 is 0 Å². The summed E-state index contributed by atoms with van der Waals surface area (Å²) in [7, 11) is 0. The van der Waals surface area contributed by atoms with Crippen molar-refractivity contribution >= 4 is 0 Å². The molecule has 0 aromatic heterocycles. The summed E-state index contributed by atoms with van der Waals surface area (Å²) in [6.45, 7) is 13.5. The molecule has 0 saturated carbocycles. The fraction of sp³-hybridized carbons (Fsp3) is 1.00. The highest BCUT2D eigenvalue weighted by molar-refractivity contribution is 4.84. The molecule has 0 fully saturated rings. The average Bonchev–Trinajstić information content (AvgIpc) is 1.78. The lowest BCUT2D eigenvalue weighted by atomic mass is 9.78. The highest BCUT2D eigenvalue weighted by atomic mass is 14.7. The minimum Gasteiger partial charge on any atom is -0.325 e. The Hall–Kier alpha value is -0.0400. The Morgan fingerprint density at radius 3 is 1.85 bits per heavy atom. The van der Waals surface area contributed by atoms with Gasteiger partial charge in [-0.05, 0) is 37.5 Å². The summed E-state index contributed by atoms with van der Waals surface area (Å²) in [5, 5.41) is 0. The van der Waals surface area contributed by atoms with Gasteiger partial charge in [0, 0.05) is 5.54 Å². The van der Waals surface area contributed by atoms with Gasteiger partial charge in [-0.3, -0.25) is 0 Å². The van der Waals surface area contributed by atoms with Crippen molar-refractivity contribution in [2.45, 2.75) is 66.3 Å². The first-order valence-corrected chi connectivity index (χ1v) is 5.41. The van der Waals surface area contributed by atoms with Crippen LogP contribution in [0.5, 0.6) is 0 Å². The predicted molar refractivity (Wildman–Crippen MR) is 60.7 cm³/mol. The first-order chi connectivity index (χ1) is 5.62. The van der Waals surface area contributed by atoms with E-state index in [9.17, 15) is 0 Å². The number of nitrogens with two attached hydrogens (primary N) is 1. The maximum Gasteiger partial charge on any atom is 0.0131 e. The van der Waals surface area contributed by atoms with Crippen LogP contribution in [0, 0.1) is 11.3 Å². The smallest absolute Gasteiger partial charge is 0.0131 e. The summed E-state index contributed by atoms with van der Waals surface area (Å²) in [5.41, 5.74) is 6.62.